The van der Waals surface area contributed by atoms with Crippen molar-refractivity contribution in [2.24, 2.45) is 0 Å². The van der Waals surface area contributed by atoms with Gasteiger partial charge in [0.15, 0.2) is 0 Å². The van der Waals surface area contributed by atoms with E-state index in [2.05, 4.69) is 0 Å². The minimum atomic E-state index is -3.60. The minimum Gasteiger partial charge on any atom is -0.475 e. The first-order valence-electron chi connectivity index (χ1n) is 5.59. The summed E-state index contributed by atoms with van der Waals surface area (Å²) in [6.07, 6.45) is 0.353. The molecular weight excluding hydrogens is 268 g/mol. The van der Waals surface area contributed by atoms with Crippen LogP contribution in [0.1, 0.15) is 16.1 Å². The Kier molecular flexibility index (Phi) is 3.71. The van der Waals surface area contributed by atoms with Crippen LogP contribution < -0.4 is 0 Å². The molecule has 5 nitrogen and oxygen atoms in total. The zero-order chi connectivity index (χ0) is 13.9. The topological polar surface area (TPSA) is 84.6 Å². The van der Waals surface area contributed by atoms with Crippen LogP contribution in [0.3, 0.4) is 0 Å². The number of hydrogen-bond donors (Lipinski definition) is 1. The highest BCUT2D eigenvalue weighted by Crippen LogP contribution is 2.16. The molecule has 19 heavy (non-hydrogen) atoms. The summed E-state index contributed by atoms with van der Waals surface area (Å²) in [5.41, 5.74) is 0.899. The lowest BCUT2D eigenvalue weighted by Gasteiger charge is -2.01. The van der Waals surface area contributed by atoms with Gasteiger partial charge in [-0.05, 0) is 24.1 Å². The van der Waals surface area contributed by atoms with Crippen molar-refractivity contribution in [2.75, 3.05) is 5.75 Å². The maximum atomic E-state index is 12.0. The number of aromatic carboxylic acids is 1. The lowest BCUT2D eigenvalue weighted by Crippen LogP contribution is -2.08. The molecule has 0 aliphatic heterocycles. The second kappa shape index (κ2) is 5.27. The van der Waals surface area contributed by atoms with Crippen LogP contribution in [0.2, 0.25) is 0 Å². The third-order valence-electron chi connectivity index (χ3n) is 2.60. The van der Waals surface area contributed by atoms with Crippen LogP contribution >= 0.6 is 0 Å². The van der Waals surface area contributed by atoms with Gasteiger partial charge >= 0.3 is 5.97 Å². The molecule has 1 aromatic heterocycles. The van der Waals surface area contributed by atoms with Crippen LogP contribution in [0.25, 0.3) is 0 Å². The Morgan fingerprint density at radius 1 is 1.11 bits per heavy atom. The summed E-state index contributed by atoms with van der Waals surface area (Å²) in [5, 5.41) is 8.38. The van der Waals surface area contributed by atoms with Crippen molar-refractivity contribution < 1.29 is 22.7 Å². The van der Waals surface area contributed by atoms with E-state index < -0.39 is 15.8 Å². The van der Waals surface area contributed by atoms with Crippen LogP contribution in [0.4, 0.5) is 0 Å². The van der Waals surface area contributed by atoms with E-state index in [1.807, 2.05) is 30.3 Å². The highest BCUT2D eigenvalue weighted by Gasteiger charge is 2.20. The SMILES string of the molecule is O=C(O)c1ccc(S(=O)(=O)CCc2ccccc2)o1. The number of carboxylic acid groups (broad SMARTS) is 1. The van der Waals surface area contributed by atoms with Crippen molar-refractivity contribution >= 4 is 15.8 Å². The molecule has 0 aliphatic rings. The minimum absolute atomic E-state index is 0.121. The summed E-state index contributed by atoms with van der Waals surface area (Å²) in [7, 11) is -3.60. The average molecular weight is 280 g/mol. The number of aryl methyl sites for hydroxylation is 1. The lowest BCUT2D eigenvalue weighted by atomic mass is 10.2. The summed E-state index contributed by atoms with van der Waals surface area (Å²) in [6, 6.07) is 11.5. The second-order valence-corrected chi connectivity index (χ2v) is 6.02. The Hall–Kier alpha value is -2.08. The molecule has 1 aromatic carbocycles. The quantitative estimate of drug-likeness (QED) is 0.905. The van der Waals surface area contributed by atoms with Crippen LogP contribution in [-0.2, 0) is 16.3 Å². The van der Waals surface area contributed by atoms with E-state index in [0.29, 0.717) is 6.42 Å². The van der Waals surface area contributed by atoms with Crippen molar-refractivity contribution in [3.8, 4) is 0 Å². The van der Waals surface area contributed by atoms with Crippen molar-refractivity contribution in [1.29, 1.82) is 0 Å². The van der Waals surface area contributed by atoms with Gasteiger partial charge in [-0.15, -0.1) is 0 Å². The first-order chi connectivity index (χ1) is 8.99. The van der Waals surface area contributed by atoms with E-state index in [1.165, 1.54) is 6.07 Å². The second-order valence-electron chi connectivity index (χ2n) is 3.98. The standard InChI is InChI=1S/C13H12O5S/c14-13(15)11-6-7-12(18-11)19(16,17)9-8-10-4-2-1-3-5-10/h1-7H,8-9H2,(H,14,15). The molecule has 0 saturated carbocycles. The summed E-state index contributed by atoms with van der Waals surface area (Å²) in [4.78, 5) is 10.6. The van der Waals surface area contributed by atoms with Gasteiger partial charge in [-0.1, -0.05) is 30.3 Å². The fraction of sp³-hybridized carbons (Fsp3) is 0.154. The van der Waals surface area contributed by atoms with Gasteiger partial charge in [0, 0.05) is 0 Å². The van der Waals surface area contributed by atoms with Crippen molar-refractivity contribution in [3.63, 3.8) is 0 Å². The van der Waals surface area contributed by atoms with Crippen LogP contribution in [-0.4, -0.2) is 25.2 Å². The monoisotopic (exact) mass is 280 g/mol. The largest absolute Gasteiger partial charge is 0.475 e. The number of sulfone groups is 1. The van der Waals surface area contributed by atoms with E-state index in [9.17, 15) is 13.2 Å². The summed E-state index contributed by atoms with van der Waals surface area (Å²) >= 11 is 0. The molecule has 0 unspecified atom stereocenters. The average Bonchev–Trinajstić information content (AvgIpc) is 2.88. The fourth-order valence-corrected chi connectivity index (χ4v) is 2.80. The van der Waals surface area contributed by atoms with Crippen LogP contribution in [0.5, 0.6) is 0 Å². The molecule has 1 N–H and O–H groups in total. The molecule has 0 amide bonds. The van der Waals surface area contributed by atoms with Gasteiger partial charge in [0.05, 0.1) is 5.75 Å². The Balaban J connectivity index is 2.12. The van der Waals surface area contributed by atoms with Crippen molar-refractivity contribution in [3.05, 3.63) is 53.8 Å². The molecule has 0 atom stereocenters. The highest BCUT2D eigenvalue weighted by atomic mass is 32.2. The Morgan fingerprint density at radius 2 is 1.79 bits per heavy atom. The smallest absolute Gasteiger partial charge is 0.371 e. The number of hydrogen-bond acceptors (Lipinski definition) is 4. The zero-order valence-electron chi connectivity index (χ0n) is 9.94. The molecular formula is C13H12O5S. The van der Waals surface area contributed by atoms with Crippen LogP contribution in [0, 0.1) is 0 Å². The van der Waals surface area contributed by atoms with Crippen LogP contribution in [0.15, 0.2) is 52.0 Å². The lowest BCUT2D eigenvalue weighted by molar-refractivity contribution is 0.0656. The summed E-state index contributed by atoms with van der Waals surface area (Å²) in [6.45, 7) is 0. The normalized spacial score (nSPS) is 11.4. The van der Waals surface area contributed by atoms with Crippen molar-refractivity contribution in [1.82, 2.24) is 0 Å². The van der Waals surface area contributed by atoms with Gasteiger partial charge in [-0.25, -0.2) is 13.2 Å². The fourth-order valence-electron chi connectivity index (χ4n) is 1.60. The number of carboxylic acids is 1. The predicted molar refractivity (Wildman–Crippen MR) is 67.9 cm³/mol. The third kappa shape index (κ3) is 3.23. The predicted octanol–water partition coefficient (Wildman–Crippen LogP) is 1.99. The summed E-state index contributed by atoms with van der Waals surface area (Å²) < 4.78 is 28.7. The Labute approximate surface area is 110 Å². The first-order valence-corrected chi connectivity index (χ1v) is 7.24. The molecule has 0 saturated heterocycles. The maximum absolute atomic E-state index is 12.0. The molecule has 100 valence electrons. The zero-order valence-corrected chi connectivity index (χ0v) is 10.8. The van der Waals surface area contributed by atoms with Gasteiger partial charge in [-0.2, -0.15) is 0 Å². The Bertz CT molecular complexity index is 670. The first kappa shape index (κ1) is 13.4. The summed E-state index contributed by atoms with van der Waals surface area (Å²) in [5.74, 6) is -1.79. The number of carbonyl (C=O) groups is 1. The molecule has 0 bridgehead atoms. The molecule has 6 heteroatoms. The molecule has 0 fully saturated rings. The number of rotatable bonds is 5. The van der Waals surface area contributed by atoms with Gasteiger partial charge in [0.1, 0.15) is 0 Å². The maximum Gasteiger partial charge on any atom is 0.371 e. The van der Waals surface area contributed by atoms with Gasteiger partial charge in [-0.3, -0.25) is 0 Å². The van der Waals surface area contributed by atoms with Gasteiger partial charge in [0.2, 0.25) is 20.7 Å². The molecule has 0 radical (unpaired) electrons. The van der Waals surface area contributed by atoms with E-state index >= 15 is 0 Å². The molecule has 1 heterocycles. The van der Waals surface area contributed by atoms with Gasteiger partial charge < -0.3 is 9.52 Å². The molecule has 0 aliphatic carbocycles. The highest BCUT2D eigenvalue weighted by molar-refractivity contribution is 7.91. The number of benzene rings is 1. The molecule has 2 aromatic rings. The molecule has 0 spiro atoms. The molecule has 2 rings (SSSR count). The van der Waals surface area contributed by atoms with Crippen molar-refractivity contribution in [2.45, 2.75) is 11.5 Å². The van der Waals surface area contributed by atoms with E-state index in [0.717, 1.165) is 11.6 Å². The van der Waals surface area contributed by atoms with E-state index in [-0.39, 0.29) is 16.6 Å². The van der Waals surface area contributed by atoms with Gasteiger partial charge in [0.25, 0.3) is 0 Å². The third-order valence-corrected chi connectivity index (χ3v) is 4.17. The van der Waals surface area contributed by atoms with E-state index in [1.54, 1.807) is 0 Å². The van der Waals surface area contributed by atoms with E-state index in [4.69, 9.17) is 9.52 Å². The number of furan rings is 1. The Morgan fingerprint density at radius 3 is 2.37 bits per heavy atom.